The molecule has 0 radical (unpaired) electrons. The summed E-state index contributed by atoms with van der Waals surface area (Å²) in [5.74, 6) is 0.611. The Morgan fingerprint density at radius 2 is 2.04 bits per heavy atom. The van der Waals surface area contributed by atoms with Crippen molar-refractivity contribution in [1.82, 2.24) is 19.5 Å². The molecule has 3 rings (SSSR count). The molecule has 0 unspecified atom stereocenters. The van der Waals surface area contributed by atoms with Gasteiger partial charge in [-0.25, -0.2) is 4.98 Å². The van der Waals surface area contributed by atoms with Crippen LogP contribution in [-0.4, -0.2) is 69.9 Å². The van der Waals surface area contributed by atoms with Crippen LogP contribution in [0.1, 0.15) is 13.8 Å². The maximum absolute atomic E-state index is 11.1. The SMILES string of the molecule is COCCN1[C@H](C)CN(c2ccc3ncc([N+](=O)[O-])n3n2)C[C@H]1C. The smallest absolute Gasteiger partial charge is 0.368 e. The summed E-state index contributed by atoms with van der Waals surface area (Å²) in [5.41, 5.74) is 0.477. The summed E-state index contributed by atoms with van der Waals surface area (Å²) < 4.78 is 6.48. The van der Waals surface area contributed by atoms with Crippen LogP contribution in [0.5, 0.6) is 0 Å². The van der Waals surface area contributed by atoms with Crippen molar-refractivity contribution in [2.45, 2.75) is 25.9 Å². The molecule has 0 amide bonds. The largest absolute Gasteiger partial charge is 0.383 e. The molecule has 2 atom stereocenters. The van der Waals surface area contributed by atoms with E-state index in [1.54, 1.807) is 13.2 Å². The minimum Gasteiger partial charge on any atom is -0.383 e. The Bertz CT molecular complexity index is 721. The molecule has 0 bridgehead atoms. The summed E-state index contributed by atoms with van der Waals surface area (Å²) in [6, 6.07) is 4.33. The van der Waals surface area contributed by atoms with Crippen molar-refractivity contribution in [2.24, 2.45) is 0 Å². The molecule has 0 N–H and O–H groups in total. The summed E-state index contributed by atoms with van der Waals surface area (Å²) in [6.07, 6.45) is 1.24. The number of nitrogens with zero attached hydrogens (tertiary/aromatic N) is 6. The number of nitro groups is 1. The molecule has 2 aromatic heterocycles. The predicted octanol–water partition coefficient (Wildman–Crippen LogP) is 1.18. The Hall–Kier alpha value is -2.26. The molecule has 130 valence electrons. The first kappa shape index (κ1) is 16.6. The fourth-order valence-electron chi connectivity index (χ4n) is 3.33. The summed E-state index contributed by atoms with van der Waals surface area (Å²) >= 11 is 0. The summed E-state index contributed by atoms with van der Waals surface area (Å²) in [4.78, 5) is 19.2. The highest BCUT2D eigenvalue weighted by atomic mass is 16.6. The normalized spacial score (nSPS) is 22.2. The van der Waals surface area contributed by atoms with Crippen molar-refractivity contribution in [3.8, 4) is 0 Å². The van der Waals surface area contributed by atoms with Gasteiger partial charge in [0.2, 0.25) is 5.65 Å². The lowest BCUT2D eigenvalue weighted by Crippen LogP contribution is -2.57. The van der Waals surface area contributed by atoms with Crippen LogP contribution < -0.4 is 4.90 Å². The van der Waals surface area contributed by atoms with Gasteiger partial charge in [0.1, 0.15) is 6.20 Å². The standard InChI is InChI=1S/C15H22N6O3/c1-11-9-18(10-12(2)19(11)6-7-24-3)14-5-4-13-16-8-15(21(22)23)20(13)17-14/h4-5,8,11-12H,6-7,9-10H2,1-3H3/t11-,12-/m1/s1. The van der Waals surface area contributed by atoms with Gasteiger partial charge in [-0.3, -0.25) is 4.90 Å². The van der Waals surface area contributed by atoms with Crippen LogP contribution in [0.15, 0.2) is 18.3 Å². The second kappa shape index (κ2) is 6.70. The van der Waals surface area contributed by atoms with Crippen molar-refractivity contribution >= 4 is 17.3 Å². The number of hydrogen-bond donors (Lipinski definition) is 0. The third-order valence-electron chi connectivity index (χ3n) is 4.50. The van der Waals surface area contributed by atoms with Crippen LogP contribution in [0.25, 0.3) is 5.65 Å². The minimum absolute atomic E-state index is 0.119. The molecule has 3 heterocycles. The second-order valence-corrected chi connectivity index (χ2v) is 6.17. The van der Waals surface area contributed by atoms with E-state index in [1.165, 1.54) is 10.7 Å². The van der Waals surface area contributed by atoms with Crippen LogP contribution in [0.4, 0.5) is 11.6 Å². The molecule has 0 spiro atoms. The van der Waals surface area contributed by atoms with Gasteiger partial charge < -0.3 is 19.8 Å². The van der Waals surface area contributed by atoms with E-state index in [4.69, 9.17) is 4.74 Å². The Morgan fingerprint density at radius 1 is 1.33 bits per heavy atom. The van der Waals surface area contributed by atoms with Crippen LogP contribution in [0, 0.1) is 10.1 Å². The molecule has 1 aliphatic rings. The number of imidazole rings is 1. The van der Waals surface area contributed by atoms with E-state index in [0.29, 0.717) is 24.3 Å². The average molecular weight is 334 g/mol. The van der Waals surface area contributed by atoms with Crippen LogP contribution in [0.3, 0.4) is 0 Å². The highest BCUT2D eigenvalue weighted by Gasteiger charge is 2.30. The van der Waals surface area contributed by atoms with Crippen LogP contribution in [-0.2, 0) is 4.74 Å². The van der Waals surface area contributed by atoms with E-state index in [2.05, 4.69) is 33.7 Å². The number of fused-ring (bicyclic) bond motifs is 1. The number of hydrogen-bond acceptors (Lipinski definition) is 7. The van der Waals surface area contributed by atoms with E-state index < -0.39 is 4.92 Å². The van der Waals surface area contributed by atoms with Gasteiger partial charge in [0.05, 0.1) is 6.61 Å². The summed E-state index contributed by atoms with van der Waals surface area (Å²) in [5, 5.41) is 15.5. The lowest BCUT2D eigenvalue weighted by Gasteiger charge is -2.44. The molecule has 0 aliphatic carbocycles. The fourth-order valence-corrected chi connectivity index (χ4v) is 3.33. The van der Waals surface area contributed by atoms with Gasteiger partial charge in [0, 0.05) is 44.9 Å². The molecule has 2 aromatic rings. The predicted molar refractivity (Wildman–Crippen MR) is 89.4 cm³/mol. The van der Waals surface area contributed by atoms with Crippen LogP contribution >= 0.6 is 0 Å². The first-order valence-electron chi connectivity index (χ1n) is 8.00. The Balaban J connectivity index is 1.83. The van der Waals surface area contributed by atoms with Crippen molar-refractivity contribution in [1.29, 1.82) is 0 Å². The third kappa shape index (κ3) is 3.04. The van der Waals surface area contributed by atoms with Gasteiger partial charge in [-0.2, -0.15) is 0 Å². The zero-order chi connectivity index (χ0) is 17.3. The number of ether oxygens (including phenoxy) is 1. The molecule has 0 aromatic carbocycles. The zero-order valence-corrected chi connectivity index (χ0v) is 14.1. The molecule has 1 aliphatic heterocycles. The van der Waals surface area contributed by atoms with Gasteiger partial charge >= 0.3 is 5.82 Å². The number of rotatable bonds is 5. The molecule has 9 heteroatoms. The molecule has 24 heavy (non-hydrogen) atoms. The number of anilines is 1. The van der Waals surface area contributed by atoms with Crippen molar-refractivity contribution in [2.75, 3.05) is 38.3 Å². The second-order valence-electron chi connectivity index (χ2n) is 6.17. The first-order chi connectivity index (χ1) is 11.5. The Kier molecular flexibility index (Phi) is 4.63. The topological polar surface area (TPSA) is 89.0 Å². The van der Waals surface area contributed by atoms with E-state index in [0.717, 1.165) is 25.5 Å². The minimum atomic E-state index is -0.468. The summed E-state index contributed by atoms with van der Waals surface area (Å²) in [6.45, 7) is 7.59. The van der Waals surface area contributed by atoms with Crippen molar-refractivity contribution in [3.63, 3.8) is 0 Å². The van der Waals surface area contributed by atoms with Crippen molar-refractivity contribution < 1.29 is 9.66 Å². The number of aromatic nitrogens is 3. The van der Waals surface area contributed by atoms with Crippen LogP contribution in [0.2, 0.25) is 0 Å². The quantitative estimate of drug-likeness (QED) is 0.599. The maximum Gasteiger partial charge on any atom is 0.368 e. The molecular formula is C15H22N6O3. The molecule has 1 fully saturated rings. The highest BCUT2D eigenvalue weighted by molar-refractivity contribution is 5.49. The van der Waals surface area contributed by atoms with Gasteiger partial charge in [-0.15, -0.1) is 0 Å². The van der Waals surface area contributed by atoms with Crippen molar-refractivity contribution in [3.05, 3.63) is 28.4 Å². The lowest BCUT2D eigenvalue weighted by molar-refractivity contribution is -0.391. The monoisotopic (exact) mass is 334 g/mol. The number of methoxy groups -OCH3 is 1. The Morgan fingerprint density at radius 3 is 2.67 bits per heavy atom. The Labute approximate surface area is 140 Å². The molecule has 1 saturated heterocycles. The molecule has 0 saturated carbocycles. The van der Waals surface area contributed by atoms with Gasteiger partial charge in [0.25, 0.3) is 0 Å². The maximum atomic E-state index is 11.1. The van der Waals surface area contributed by atoms with E-state index in [-0.39, 0.29) is 5.82 Å². The summed E-state index contributed by atoms with van der Waals surface area (Å²) in [7, 11) is 1.71. The number of piperazine rings is 1. The average Bonchev–Trinajstić information content (AvgIpc) is 2.97. The lowest BCUT2D eigenvalue weighted by atomic mass is 10.1. The van der Waals surface area contributed by atoms with Gasteiger partial charge in [-0.1, -0.05) is 9.61 Å². The third-order valence-corrected chi connectivity index (χ3v) is 4.50. The van der Waals surface area contributed by atoms with E-state index >= 15 is 0 Å². The van der Waals surface area contributed by atoms with E-state index in [9.17, 15) is 10.1 Å². The van der Waals surface area contributed by atoms with Gasteiger partial charge in [-0.05, 0) is 24.8 Å². The highest BCUT2D eigenvalue weighted by Crippen LogP contribution is 2.22. The first-order valence-corrected chi connectivity index (χ1v) is 8.00. The van der Waals surface area contributed by atoms with Gasteiger partial charge in [0.15, 0.2) is 5.82 Å². The molecule has 9 nitrogen and oxygen atoms in total. The van der Waals surface area contributed by atoms with E-state index in [1.807, 2.05) is 6.07 Å². The molecular weight excluding hydrogens is 312 g/mol. The zero-order valence-electron chi connectivity index (χ0n) is 14.1. The fraction of sp³-hybridized carbons (Fsp3) is 0.600.